The molecule has 116 valence electrons. The molecule has 0 heterocycles. The lowest BCUT2D eigenvalue weighted by molar-refractivity contribution is -0.113. The fraction of sp³-hybridized carbons (Fsp3) is 0.278. The largest absolute Gasteiger partial charge is 0.497 e. The number of hydrogen-bond acceptors (Lipinski definition) is 3. The molecule has 1 amide bonds. The average molecular weight is 315 g/mol. The highest BCUT2D eigenvalue weighted by atomic mass is 32.2. The van der Waals surface area contributed by atoms with Crippen LogP contribution in [-0.2, 0) is 17.0 Å². The fourth-order valence-electron chi connectivity index (χ4n) is 2.04. The van der Waals surface area contributed by atoms with Crippen molar-refractivity contribution in [2.45, 2.75) is 19.1 Å². The zero-order valence-electron chi connectivity index (χ0n) is 13.0. The first-order chi connectivity index (χ1) is 10.7. The second kappa shape index (κ2) is 8.49. The van der Waals surface area contributed by atoms with Crippen LogP contribution < -0.4 is 10.1 Å². The summed E-state index contributed by atoms with van der Waals surface area (Å²) in [6, 6.07) is 15.9. The van der Waals surface area contributed by atoms with E-state index in [2.05, 4.69) is 12.2 Å². The minimum atomic E-state index is 0.0251. The standard InChI is InChI=1S/C18H21NO2S/c1-3-14-7-9-16(10-8-14)19-18(20)13-22-12-15-5-4-6-17(11-15)21-2/h4-11H,3,12-13H2,1-2H3,(H,19,20). The van der Waals surface area contributed by atoms with Crippen molar-refractivity contribution < 1.29 is 9.53 Å². The van der Waals surface area contributed by atoms with Crippen LogP contribution in [0.5, 0.6) is 5.75 Å². The zero-order chi connectivity index (χ0) is 15.8. The highest BCUT2D eigenvalue weighted by molar-refractivity contribution is 7.99. The number of benzene rings is 2. The molecule has 0 aliphatic rings. The van der Waals surface area contributed by atoms with Crippen molar-refractivity contribution in [3.8, 4) is 5.75 Å². The van der Waals surface area contributed by atoms with Gasteiger partial charge in [-0.05, 0) is 41.8 Å². The highest BCUT2D eigenvalue weighted by Crippen LogP contribution is 2.18. The number of rotatable bonds is 7. The number of aryl methyl sites for hydroxylation is 1. The summed E-state index contributed by atoms with van der Waals surface area (Å²) < 4.78 is 5.19. The van der Waals surface area contributed by atoms with E-state index in [-0.39, 0.29) is 5.91 Å². The van der Waals surface area contributed by atoms with Crippen molar-refractivity contribution in [2.24, 2.45) is 0 Å². The number of nitrogens with one attached hydrogen (secondary N) is 1. The van der Waals surface area contributed by atoms with E-state index in [1.807, 2.05) is 48.5 Å². The van der Waals surface area contributed by atoms with Crippen molar-refractivity contribution in [1.29, 1.82) is 0 Å². The Labute approximate surface area is 136 Å². The minimum Gasteiger partial charge on any atom is -0.497 e. The van der Waals surface area contributed by atoms with Gasteiger partial charge in [0.1, 0.15) is 5.75 Å². The maximum Gasteiger partial charge on any atom is 0.234 e. The first-order valence-corrected chi connectivity index (χ1v) is 8.46. The lowest BCUT2D eigenvalue weighted by Crippen LogP contribution is -2.14. The van der Waals surface area contributed by atoms with Crippen molar-refractivity contribution in [2.75, 3.05) is 18.2 Å². The Balaban J connectivity index is 1.77. The van der Waals surface area contributed by atoms with Gasteiger partial charge in [-0.1, -0.05) is 31.2 Å². The van der Waals surface area contributed by atoms with Crippen molar-refractivity contribution in [3.63, 3.8) is 0 Å². The molecule has 0 saturated carbocycles. The van der Waals surface area contributed by atoms with Crippen molar-refractivity contribution in [3.05, 3.63) is 59.7 Å². The van der Waals surface area contributed by atoms with Gasteiger partial charge in [-0.2, -0.15) is 0 Å². The summed E-state index contributed by atoms with van der Waals surface area (Å²) in [5.41, 5.74) is 3.28. The molecule has 3 nitrogen and oxygen atoms in total. The first kappa shape index (κ1) is 16.4. The minimum absolute atomic E-state index is 0.0251. The van der Waals surface area contributed by atoms with E-state index < -0.39 is 0 Å². The van der Waals surface area contributed by atoms with Crippen LogP contribution in [0.25, 0.3) is 0 Å². The van der Waals surface area contributed by atoms with Crippen LogP contribution in [0.1, 0.15) is 18.1 Å². The van der Waals surface area contributed by atoms with E-state index in [1.165, 1.54) is 5.56 Å². The van der Waals surface area contributed by atoms with Gasteiger partial charge < -0.3 is 10.1 Å². The van der Waals surface area contributed by atoms with Crippen LogP contribution in [0, 0.1) is 0 Å². The number of methoxy groups -OCH3 is 1. The summed E-state index contributed by atoms with van der Waals surface area (Å²) in [6.07, 6.45) is 1.00. The zero-order valence-corrected chi connectivity index (χ0v) is 13.8. The van der Waals surface area contributed by atoms with Gasteiger partial charge in [0.25, 0.3) is 0 Å². The lowest BCUT2D eigenvalue weighted by Gasteiger charge is -2.07. The van der Waals surface area contributed by atoms with Crippen molar-refractivity contribution >= 4 is 23.4 Å². The van der Waals surface area contributed by atoms with E-state index >= 15 is 0 Å². The molecule has 0 bridgehead atoms. The number of carbonyl (C=O) groups excluding carboxylic acids is 1. The molecule has 22 heavy (non-hydrogen) atoms. The van der Waals surface area contributed by atoms with Gasteiger partial charge in [-0.25, -0.2) is 0 Å². The molecule has 0 saturated heterocycles. The monoisotopic (exact) mass is 315 g/mol. The van der Waals surface area contributed by atoms with Crippen LogP contribution in [0.3, 0.4) is 0 Å². The predicted octanol–water partition coefficient (Wildman–Crippen LogP) is 4.13. The molecule has 0 aromatic heterocycles. The molecule has 0 aliphatic carbocycles. The Kier molecular flexibility index (Phi) is 6.34. The third kappa shape index (κ3) is 5.11. The number of amides is 1. The molecular weight excluding hydrogens is 294 g/mol. The second-order valence-corrected chi connectivity index (χ2v) is 5.93. The van der Waals surface area contributed by atoms with E-state index in [0.717, 1.165) is 29.2 Å². The van der Waals surface area contributed by atoms with Crippen LogP contribution in [-0.4, -0.2) is 18.8 Å². The van der Waals surface area contributed by atoms with E-state index in [0.29, 0.717) is 5.75 Å². The van der Waals surface area contributed by atoms with Gasteiger partial charge in [0.2, 0.25) is 5.91 Å². The summed E-state index contributed by atoms with van der Waals surface area (Å²) in [5, 5.41) is 2.92. The molecule has 0 unspecified atom stereocenters. The number of carbonyl (C=O) groups is 1. The molecule has 0 spiro atoms. The van der Waals surface area contributed by atoms with Crippen molar-refractivity contribution in [1.82, 2.24) is 0 Å². The Hall–Kier alpha value is -1.94. The van der Waals surface area contributed by atoms with E-state index in [1.54, 1.807) is 18.9 Å². The van der Waals surface area contributed by atoms with Gasteiger partial charge in [-0.3, -0.25) is 4.79 Å². The fourth-order valence-corrected chi connectivity index (χ4v) is 2.82. The smallest absolute Gasteiger partial charge is 0.234 e. The molecule has 1 N–H and O–H groups in total. The van der Waals surface area contributed by atoms with Gasteiger partial charge in [0.15, 0.2) is 0 Å². The summed E-state index contributed by atoms with van der Waals surface area (Å²) in [7, 11) is 1.66. The number of anilines is 1. The number of hydrogen-bond donors (Lipinski definition) is 1. The van der Waals surface area contributed by atoms with Gasteiger partial charge >= 0.3 is 0 Å². The van der Waals surface area contributed by atoms with Crippen LogP contribution in [0.4, 0.5) is 5.69 Å². The van der Waals surface area contributed by atoms with Gasteiger partial charge in [0, 0.05) is 11.4 Å². The summed E-state index contributed by atoms with van der Waals surface area (Å²) >= 11 is 1.59. The Morgan fingerprint density at radius 3 is 2.59 bits per heavy atom. The normalized spacial score (nSPS) is 10.3. The molecule has 2 rings (SSSR count). The van der Waals surface area contributed by atoms with Crippen LogP contribution in [0.2, 0.25) is 0 Å². The molecule has 0 fully saturated rings. The Bertz CT molecular complexity index is 611. The summed E-state index contributed by atoms with van der Waals surface area (Å²) in [5.74, 6) is 2.10. The maximum absolute atomic E-state index is 11.9. The quantitative estimate of drug-likeness (QED) is 0.835. The Morgan fingerprint density at radius 2 is 1.91 bits per heavy atom. The lowest BCUT2D eigenvalue weighted by atomic mass is 10.1. The summed E-state index contributed by atoms with van der Waals surface area (Å²) in [4.78, 5) is 11.9. The van der Waals surface area contributed by atoms with Gasteiger partial charge in [-0.15, -0.1) is 11.8 Å². The highest BCUT2D eigenvalue weighted by Gasteiger charge is 2.04. The first-order valence-electron chi connectivity index (χ1n) is 7.30. The molecule has 2 aromatic rings. The maximum atomic E-state index is 11.9. The van der Waals surface area contributed by atoms with Crippen LogP contribution in [0.15, 0.2) is 48.5 Å². The predicted molar refractivity (Wildman–Crippen MR) is 93.6 cm³/mol. The molecular formula is C18H21NO2S. The SMILES string of the molecule is CCc1ccc(NC(=O)CSCc2cccc(OC)c2)cc1. The van der Waals surface area contributed by atoms with E-state index in [4.69, 9.17) is 4.74 Å². The molecule has 2 aromatic carbocycles. The number of thioether (sulfide) groups is 1. The third-order valence-electron chi connectivity index (χ3n) is 3.28. The molecule has 0 radical (unpaired) electrons. The third-order valence-corrected chi connectivity index (χ3v) is 4.29. The second-order valence-electron chi connectivity index (χ2n) is 4.94. The van der Waals surface area contributed by atoms with Crippen LogP contribution >= 0.6 is 11.8 Å². The Morgan fingerprint density at radius 1 is 1.14 bits per heavy atom. The van der Waals surface area contributed by atoms with Gasteiger partial charge in [0.05, 0.1) is 12.9 Å². The molecule has 0 aliphatic heterocycles. The average Bonchev–Trinajstić information content (AvgIpc) is 2.56. The topological polar surface area (TPSA) is 38.3 Å². The molecule has 0 atom stereocenters. The number of ether oxygens (including phenoxy) is 1. The summed E-state index contributed by atoms with van der Waals surface area (Å²) in [6.45, 7) is 2.11. The van der Waals surface area contributed by atoms with E-state index in [9.17, 15) is 4.79 Å². The molecule has 4 heteroatoms.